The molecular formula is C22H23FN2O2. The zero-order chi connectivity index (χ0) is 19.4. The molecule has 0 bridgehead atoms. The third-order valence-corrected chi connectivity index (χ3v) is 4.45. The molecule has 1 aliphatic heterocycles. The van der Waals surface area contributed by atoms with Crippen LogP contribution in [0.4, 0.5) is 4.39 Å². The maximum absolute atomic E-state index is 13.4. The lowest BCUT2D eigenvalue weighted by Gasteiger charge is -2.29. The molecule has 0 aromatic heterocycles. The summed E-state index contributed by atoms with van der Waals surface area (Å²) in [5, 5.41) is 0. The first-order valence-electron chi connectivity index (χ1n) is 9.14. The Kier molecular flexibility index (Phi) is 5.79. The summed E-state index contributed by atoms with van der Waals surface area (Å²) in [6.07, 6.45) is -0.436. The molecule has 0 amide bonds. The predicted octanol–water partition coefficient (Wildman–Crippen LogP) is 4.60. The van der Waals surface area contributed by atoms with Crippen LogP contribution < -0.4 is 0 Å². The van der Waals surface area contributed by atoms with Gasteiger partial charge in [0.25, 0.3) is 0 Å². The van der Waals surface area contributed by atoms with E-state index in [-0.39, 0.29) is 24.3 Å². The average Bonchev–Trinajstić information content (AvgIpc) is 2.68. The van der Waals surface area contributed by atoms with E-state index in [0.29, 0.717) is 11.3 Å². The zero-order valence-electron chi connectivity index (χ0n) is 15.7. The van der Waals surface area contributed by atoms with E-state index in [0.717, 1.165) is 11.3 Å². The fourth-order valence-electron chi connectivity index (χ4n) is 3.17. The Labute approximate surface area is 158 Å². The Balaban J connectivity index is 2.13. The molecule has 3 rings (SSSR count). The van der Waals surface area contributed by atoms with E-state index in [9.17, 15) is 9.18 Å². The van der Waals surface area contributed by atoms with E-state index >= 15 is 0 Å². The van der Waals surface area contributed by atoms with E-state index in [2.05, 4.69) is 0 Å². The highest BCUT2D eigenvalue weighted by Crippen LogP contribution is 2.31. The average molecular weight is 366 g/mol. The first-order valence-corrected chi connectivity index (χ1v) is 9.14. The zero-order valence-corrected chi connectivity index (χ0v) is 15.7. The van der Waals surface area contributed by atoms with Gasteiger partial charge in [-0.15, -0.1) is 0 Å². The summed E-state index contributed by atoms with van der Waals surface area (Å²) in [7, 11) is 0. The first-order chi connectivity index (χ1) is 13.0. The third kappa shape index (κ3) is 4.13. The molecule has 0 fully saturated rings. The molecule has 0 N–H and O–H groups in total. The van der Waals surface area contributed by atoms with Crippen LogP contribution >= 0.6 is 0 Å². The number of rotatable bonds is 5. The van der Waals surface area contributed by atoms with Gasteiger partial charge in [0.1, 0.15) is 11.7 Å². The van der Waals surface area contributed by atoms with Crippen LogP contribution in [0.3, 0.4) is 0 Å². The molecule has 0 radical (unpaired) electrons. The van der Waals surface area contributed by atoms with E-state index in [1.807, 2.05) is 44.2 Å². The predicted molar refractivity (Wildman–Crippen MR) is 105 cm³/mol. The number of esters is 1. The van der Waals surface area contributed by atoms with Crippen molar-refractivity contribution < 1.29 is 13.9 Å². The van der Waals surface area contributed by atoms with Crippen molar-refractivity contribution in [3.63, 3.8) is 0 Å². The minimum atomic E-state index is -0.685. The van der Waals surface area contributed by atoms with Crippen LogP contribution in [0.1, 0.15) is 38.1 Å². The summed E-state index contributed by atoms with van der Waals surface area (Å²) < 4.78 is 18.7. The Morgan fingerprint density at radius 2 is 1.74 bits per heavy atom. The normalized spacial score (nSPS) is 19.4. The molecule has 4 nitrogen and oxygen atoms in total. The Bertz CT molecular complexity index is 858. The largest absolute Gasteiger partial charge is 0.465 e. The topological polar surface area (TPSA) is 51.0 Å². The Morgan fingerprint density at radius 1 is 1.07 bits per heavy atom. The highest BCUT2D eigenvalue weighted by molar-refractivity contribution is 6.27. The maximum atomic E-state index is 13.4. The molecule has 2 atom stereocenters. The number of hydrogen-bond donors (Lipinski definition) is 0. The summed E-state index contributed by atoms with van der Waals surface area (Å²) in [5.41, 5.74) is 2.94. The van der Waals surface area contributed by atoms with Crippen LogP contribution in [0, 0.1) is 17.7 Å². The van der Waals surface area contributed by atoms with Gasteiger partial charge in [-0.2, -0.15) is 0 Å². The van der Waals surface area contributed by atoms with Crippen molar-refractivity contribution in [2.75, 3.05) is 6.61 Å². The molecule has 1 heterocycles. The number of halogens is 1. The lowest BCUT2D eigenvalue weighted by atomic mass is 9.85. The standard InChI is InChI=1S/C22H23FN2O2/c1-4-27-22(26)18-19(14(2)3)24-21(16-8-6-5-7-9-16)25-20(18)15-10-12-17(23)13-11-15/h5-14,18,21H,4H2,1-3H3. The van der Waals surface area contributed by atoms with Crippen molar-refractivity contribution in [1.82, 2.24) is 0 Å². The number of benzene rings is 2. The second-order valence-corrected chi connectivity index (χ2v) is 6.70. The van der Waals surface area contributed by atoms with Crippen LogP contribution in [-0.2, 0) is 9.53 Å². The lowest BCUT2D eigenvalue weighted by molar-refractivity contribution is -0.143. The summed E-state index contributed by atoms with van der Waals surface area (Å²) in [4.78, 5) is 22.3. The SMILES string of the molecule is CCOC(=O)C1C(c2ccc(F)cc2)=NC(c2ccccc2)N=C1C(C)C. The number of hydrogen-bond acceptors (Lipinski definition) is 4. The monoisotopic (exact) mass is 366 g/mol. The van der Waals surface area contributed by atoms with Crippen LogP contribution in [0.5, 0.6) is 0 Å². The van der Waals surface area contributed by atoms with E-state index in [4.69, 9.17) is 14.7 Å². The van der Waals surface area contributed by atoms with Gasteiger partial charge in [0, 0.05) is 5.71 Å². The van der Waals surface area contributed by atoms with Crippen molar-refractivity contribution in [3.8, 4) is 0 Å². The fourth-order valence-corrected chi connectivity index (χ4v) is 3.17. The highest BCUT2D eigenvalue weighted by atomic mass is 19.1. The maximum Gasteiger partial charge on any atom is 0.320 e. The van der Waals surface area contributed by atoms with E-state index in [1.54, 1.807) is 19.1 Å². The number of aliphatic imine (C=N–C) groups is 2. The number of nitrogens with zero attached hydrogens (tertiary/aromatic N) is 2. The highest BCUT2D eigenvalue weighted by Gasteiger charge is 2.37. The molecule has 0 saturated carbocycles. The van der Waals surface area contributed by atoms with Gasteiger partial charge in [-0.1, -0.05) is 56.3 Å². The molecular weight excluding hydrogens is 343 g/mol. The minimum Gasteiger partial charge on any atom is -0.465 e. The van der Waals surface area contributed by atoms with Gasteiger partial charge in [0.15, 0.2) is 6.17 Å². The second-order valence-electron chi connectivity index (χ2n) is 6.70. The smallest absolute Gasteiger partial charge is 0.320 e. The number of carbonyl (C=O) groups is 1. The van der Waals surface area contributed by atoms with Crippen molar-refractivity contribution >= 4 is 17.4 Å². The summed E-state index contributed by atoms with van der Waals surface area (Å²) in [5.74, 6) is -1.35. The van der Waals surface area contributed by atoms with Gasteiger partial charge in [-0.05, 0) is 36.1 Å². The van der Waals surface area contributed by atoms with Crippen LogP contribution in [0.15, 0.2) is 64.6 Å². The molecule has 1 aliphatic rings. The van der Waals surface area contributed by atoms with E-state index < -0.39 is 12.1 Å². The summed E-state index contributed by atoms with van der Waals surface area (Å²) in [6.45, 7) is 6.05. The van der Waals surface area contributed by atoms with Crippen molar-refractivity contribution in [1.29, 1.82) is 0 Å². The Hall–Kier alpha value is -2.82. The fraction of sp³-hybridized carbons (Fsp3) is 0.318. The van der Waals surface area contributed by atoms with Gasteiger partial charge in [-0.25, -0.2) is 4.39 Å². The third-order valence-electron chi connectivity index (χ3n) is 4.45. The van der Waals surface area contributed by atoms with Crippen LogP contribution in [0.25, 0.3) is 0 Å². The van der Waals surface area contributed by atoms with E-state index in [1.165, 1.54) is 12.1 Å². The van der Waals surface area contributed by atoms with Crippen molar-refractivity contribution in [3.05, 3.63) is 71.5 Å². The van der Waals surface area contributed by atoms with Crippen molar-refractivity contribution in [2.45, 2.75) is 26.9 Å². The molecule has 5 heteroatoms. The molecule has 2 aromatic rings. The van der Waals surface area contributed by atoms with Gasteiger partial charge in [-0.3, -0.25) is 14.8 Å². The molecule has 2 unspecified atom stereocenters. The van der Waals surface area contributed by atoms with Gasteiger partial charge < -0.3 is 4.74 Å². The number of ether oxygens (including phenoxy) is 1. The number of carbonyl (C=O) groups excluding carboxylic acids is 1. The molecule has 0 aliphatic carbocycles. The summed E-state index contributed by atoms with van der Waals surface area (Å²) >= 11 is 0. The van der Waals surface area contributed by atoms with Crippen LogP contribution in [0.2, 0.25) is 0 Å². The van der Waals surface area contributed by atoms with Crippen molar-refractivity contribution in [2.24, 2.45) is 21.8 Å². The minimum absolute atomic E-state index is 0.0385. The first kappa shape index (κ1) is 19.0. The molecule has 0 spiro atoms. The quantitative estimate of drug-likeness (QED) is 0.726. The van der Waals surface area contributed by atoms with Crippen LogP contribution in [-0.4, -0.2) is 24.0 Å². The molecule has 140 valence electrons. The molecule has 2 aromatic carbocycles. The molecule has 0 saturated heterocycles. The summed E-state index contributed by atoms with van der Waals surface area (Å²) in [6, 6.07) is 15.8. The molecule has 27 heavy (non-hydrogen) atoms. The van der Waals surface area contributed by atoms with Gasteiger partial charge >= 0.3 is 5.97 Å². The Morgan fingerprint density at radius 3 is 2.33 bits per heavy atom. The van der Waals surface area contributed by atoms with Gasteiger partial charge in [0.05, 0.1) is 12.3 Å². The van der Waals surface area contributed by atoms with Gasteiger partial charge in [0.2, 0.25) is 0 Å². The second kappa shape index (κ2) is 8.25. The lowest BCUT2D eigenvalue weighted by Crippen LogP contribution is -2.39.